The minimum atomic E-state index is -4.48. The number of carbonyl (C=O) groups excluding carboxylic acids is 1. The van der Waals surface area contributed by atoms with Crippen molar-refractivity contribution in [2.24, 2.45) is 0 Å². The third-order valence-electron chi connectivity index (χ3n) is 2.46. The highest BCUT2D eigenvalue weighted by Crippen LogP contribution is 2.19. The number of rotatable bonds is 7. The van der Waals surface area contributed by atoms with Crippen molar-refractivity contribution >= 4 is 5.91 Å². The summed E-state index contributed by atoms with van der Waals surface area (Å²) < 4.78 is 41.0. The van der Waals surface area contributed by atoms with Gasteiger partial charge in [-0.2, -0.15) is 13.2 Å². The first-order valence-corrected chi connectivity index (χ1v) is 6.37. The molecule has 5 nitrogen and oxygen atoms in total. The van der Waals surface area contributed by atoms with Crippen LogP contribution in [-0.2, 0) is 0 Å². The van der Waals surface area contributed by atoms with E-state index < -0.39 is 18.7 Å². The van der Waals surface area contributed by atoms with E-state index in [2.05, 4.69) is 15.0 Å². The SMILES string of the molecule is CN(C)CCCNC(=O)c1cccnc1OCC(F)(F)F. The van der Waals surface area contributed by atoms with Crippen LogP contribution in [0.15, 0.2) is 18.3 Å². The minimum absolute atomic E-state index is 0.00777. The van der Waals surface area contributed by atoms with Gasteiger partial charge in [0.2, 0.25) is 5.88 Å². The fraction of sp³-hybridized carbons (Fsp3) is 0.538. The van der Waals surface area contributed by atoms with Crippen molar-refractivity contribution in [1.29, 1.82) is 0 Å². The zero-order valence-electron chi connectivity index (χ0n) is 11.9. The molecule has 0 saturated carbocycles. The predicted molar refractivity (Wildman–Crippen MR) is 71.3 cm³/mol. The summed E-state index contributed by atoms with van der Waals surface area (Å²) in [7, 11) is 3.82. The number of hydrogen-bond acceptors (Lipinski definition) is 4. The maximum atomic E-state index is 12.1. The maximum absolute atomic E-state index is 12.1. The second-order valence-corrected chi connectivity index (χ2v) is 4.67. The largest absolute Gasteiger partial charge is 0.467 e. The molecule has 0 saturated heterocycles. The second-order valence-electron chi connectivity index (χ2n) is 4.67. The number of hydrogen-bond donors (Lipinski definition) is 1. The van der Waals surface area contributed by atoms with Crippen LogP contribution in [0, 0.1) is 0 Å². The monoisotopic (exact) mass is 305 g/mol. The molecular weight excluding hydrogens is 287 g/mol. The van der Waals surface area contributed by atoms with E-state index in [0.717, 1.165) is 13.0 Å². The zero-order valence-corrected chi connectivity index (χ0v) is 11.9. The normalized spacial score (nSPS) is 11.5. The third kappa shape index (κ3) is 6.94. The van der Waals surface area contributed by atoms with Gasteiger partial charge in [-0.05, 0) is 39.2 Å². The van der Waals surface area contributed by atoms with E-state index in [-0.39, 0.29) is 11.4 Å². The summed E-state index contributed by atoms with van der Waals surface area (Å²) in [5, 5.41) is 2.63. The quantitative estimate of drug-likeness (QED) is 0.779. The molecule has 0 aromatic carbocycles. The lowest BCUT2D eigenvalue weighted by Crippen LogP contribution is -2.28. The predicted octanol–water partition coefficient (Wildman–Crippen LogP) is 1.70. The lowest BCUT2D eigenvalue weighted by Gasteiger charge is -2.12. The summed E-state index contributed by atoms with van der Waals surface area (Å²) in [5.41, 5.74) is -0.00777. The molecule has 0 fully saturated rings. The van der Waals surface area contributed by atoms with E-state index in [1.54, 1.807) is 0 Å². The Kier molecular flexibility index (Phi) is 6.41. The molecule has 1 N–H and O–H groups in total. The first kappa shape index (κ1) is 17.2. The second kappa shape index (κ2) is 7.82. The van der Waals surface area contributed by atoms with Gasteiger partial charge in [-0.25, -0.2) is 4.98 Å². The van der Waals surface area contributed by atoms with E-state index in [0.29, 0.717) is 6.54 Å². The van der Waals surface area contributed by atoms with Gasteiger partial charge in [-0.1, -0.05) is 0 Å². The molecule has 1 aromatic rings. The van der Waals surface area contributed by atoms with Crippen LogP contribution in [0.3, 0.4) is 0 Å². The van der Waals surface area contributed by atoms with Crippen LogP contribution in [0.1, 0.15) is 16.8 Å². The van der Waals surface area contributed by atoms with Gasteiger partial charge in [0.1, 0.15) is 5.56 Å². The molecule has 1 rings (SSSR count). The Labute approximate surface area is 121 Å². The Morgan fingerprint density at radius 3 is 2.76 bits per heavy atom. The number of halogens is 3. The smallest absolute Gasteiger partial charge is 0.422 e. The van der Waals surface area contributed by atoms with E-state index in [9.17, 15) is 18.0 Å². The van der Waals surface area contributed by atoms with Crippen LogP contribution in [-0.4, -0.2) is 55.8 Å². The van der Waals surface area contributed by atoms with Gasteiger partial charge in [0.05, 0.1) is 0 Å². The molecule has 8 heteroatoms. The van der Waals surface area contributed by atoms with Crippen LogP contribution < -0.4 is 10.1 Å². The highest BCUT2D eigenvalue weighted by molar-refractivity contribution is 5.96. The summed E-state index contributed by atoms with van der Waals surface area (Å²) in [5.74, 6) is -0.820. The van der Waals surface area contributed by atoms with E-state index in [1.807, 2.05) is 19.0 Å². The Morgan fingerprint density at radius 1 is 1.43 bits per heavy atom. The van der Waals surface area contributed by atoms with Crippen molar-refractivity contribution in [2.75, 3.05) is 33.8 Å². The molecule has 0 aliphatic heterocycles. The fourth-order valence-corrected chi connectivity index (χ4v) is 1.52. The Bertz CT molecular complexity index is 464. The average Bonchev–Trinajstić information content (AvgIpc) is 2.40. The molecule has 0 atom stereocenters. The number of ether oxygens (including phenoxy) is 1. The van der Waals surface area contributed by atoms with Crippen molar-refractivity contribution in [2.45, 2.75) is 12.6 Å². The van der Waals surface area contributed by atoms with Gasteiger partial charge in [-0.15, -0.1) is 0 Å². The molecule has 0 bridgehead atoms. The summed E-state index contributed by atoms with van der Waals surface area (Å²) in [6.45, 7) is -0.264. The van der Waals surface area contributed by atoms with Crippen LogP contribution in [0.5, 0.6) is 5.88 Å². The molecule has 0 aliphatic rings. The van der Waals surface area contributed by atoms with Crippen LogP contribution >= 0.6 is 0 Å². The molecule has 118 valence electrons. The van der Waals surface area contributed by atoms with Gasteiger partial charge < -0.3 is 15.0 Å². The van der Waals surface area contributed by atoms with E-state index in [1.165, 1.54) is 18.3 Å². The van der Waals surface area contributed by atoms with Crippen LogP contribution in [0.4, 0.5) is 13.2 Å². The number of aromatic nitrogens is 1. The molecule has 0 radical (unpaired) electrons. The number of amides is 1. The topological polar surface area (TPSA) is 54.5 Å². The molecule has 0 spiro atoms. The first-order valence-electron chi connectivity index (χ1n) is 6.37. The highest BCUT2D eigenvalue weighted by Gasteiger charge is 2.29. The maximum Gasteiger partial charge on any atom is 0.422 e. The fourth-order valence-electron chi connectivity index (χ4n) is 1.52. The molecule has 21 heavy (non-hydrogen) atoms. The molecular formula is C13H18F3N3O2. The molecule has 0 unspecified atom stereocenters. The van der Waals surface area contributed by atoms with Gasteiger partial charge in [-0.3, -0.25) is 4.79 Å². The molecule has 0 aliphatic carbocycles. The number of carbonyl (C=O) groups is 1. The van der Waals surface area contributed by atoms with Gasteiger partial charge in [0.15, 0.2) is 6.61 Å². The van der Waals surface area contributed by atoms with Crippen molar-refractivity contribution in [3.8, 4) is 5.88 Å². The number of nitrogens with one attached hydrogen (secondary N) is 1. The lowest BCUT2D eigenvalue weighted by atomic mass is 10.2. The third-order valence-corrected chi connectivity index (χ3v) is 2.46. The number of nitrogens with zero attached hydrogens (tertiary/aromatic N) is 2. The number of pyridine rings is 1. The zero-order chi connectivity index (χ0) is 15.9. The lowest BCUT2D eigenvalue weighted by molar-refractivity contribution is -0.154. The molecule has 1 amide bonds. The van der Waals surface area contributed by atoms with Gasteiger partial charge in [0, 0.05) is 12.7 Å². The molecule has 1 heterocycles. The van der Waals surface area contributed by atoms with E-state index >= 15 is 0 Å². The Morgan fingerprint density at radius 2 is 2.14 bits per heavy atom. The summed E-state index contributed by atoms with van der Waals surface area (Å²) in [4.78, 5) is 17.5. The Balaban J connectivity index is 2.58. The minimum Gasteiger partial charge on any atom is -0.467 e. The summed E-state index contributed by atoms with van der Waals surface area (Å²) in [6, 6.07) is 2.84. The van der Waals surface area contributed by atoms with Crippen molar-refractivity contribution in [3.05, 3.63) is 23.9 Å². The highest BCUT2D eigenvalue weighted by atomic mass is 19.4. The van der Waals surface area contributed by atoms with Gasteiger partial charge in [0.25, 0.3) is 5.91 Å². The summed E-state index contributed by atoms with van der Waals surface area (Å²) >= 11 is 0. The number of alkyl halides is 3. The van der Waals surface area contributed by atoms with E-state index in [4.69, 9.17) is 0 Å². The van der Waals surface area contributed by atoms with Crippen molar-refractivity contribution in [3.63, 3.8) is 0 Å². The average molecular weight is 305 g/mol. The van der Waals surface area contributed by atoms with Crippen molar-refractivity contribution < 1.29 is 22.7 Å². The van der Waals surface area contributed by atoms with Gasteiger partial charge >= 0.3 is 6.18 Å². The van der Waals surface area contributed by atoms with Crippen molar-refractivity contribution in [1.82, 2.24) is 15.2 Å². The van der Waals surface area contributed by atoms with Crippen LogP contribution in [0.25, 0.3) is 0 Å². The Hall–Kier alpha value is -1.83. The van der Waals surface area contributed by atoms with Crippen LogP contribution in [0.2, 0.25) is 0 Å². The first-order chi connectivity index (χ1) is 9.79. The summed E-state index contributed by atoms with van der Waals surface area (Å²) in [6.07, 6.45) is -2.47. The standard InChI is InChI=1S/C13H18F3N3O2/c1-19(2)8-4-7-17-11(20)10-5-3-6-18-12(10)21-9-13(14,15)16/h3,5-6H,4,7-9H2,1-2H3,(H,17,20). The molecule has 1 aromatic heterocycles.